The molecule has 0 aromatic rings. The number of likely N-dealkylation sites (N-methyl/N-ethyl adjacent to an activating group) is 1. The lowest BCUT2D eigenvalue weighted by atomic mass is 9.72. The van der Waals surface area contributed by atoms with Crippen LogP contribution in [0.3, 0.4) is 0 Å². The van der Waals surface area contributed by atoms with Gasteiger partial charge in [0.2, 0.25) is 11.8 Å². The summed E-state index contributed by atoms with van der Waals surface area (Å²) < 4.78 is 5.03. The third kappa shape index (κ3) is 12.1. The normalized spacial score (nSPS) is 13.0. The zero-order valence-corrected chi connectivity index (χ0v) is 26.3. The molecule has 0 saturated heterocycles. The summed E-state index contributed by atoms with van der Waals surface area (Å²) in [5.74, 6) is -0.279. The molecule has 8 heteroatoms. The van der Waals surface area contributed by atoms with E-state index in [2.05, 4.69) is 26.1 Å². The molecule has 0 aliphatic rings. The molecule has 0 heterocycles. The van der Waals surface area contributed by atoms with Crippen molar-refractivity contribution in [3.05, 3.63) is 11.6 Å². The van der Waals surface area contributed by atoms with Crippen LogP contribution in [0.4, 0.5) is 0 Å². The topological polar surface area (TPSA) is 119 Å². The minimum absolute atomic E-state index is 0.0396. The summed E-state index contributed by atoms with van der Waals surface area (Å²) in [6.07, 6.45) is 3.71. The van der Waals surface area contributed by atoms with Gasteiger partial charge in [-0.3, -0.25) is 14.4 Å². The minimum atomic E-state index is -0.945. The predicted octanol–water partition coefficient (Wildman–Crippen LogP) is 5.04. The van der Waals surface area contributed by atoms with Crippen LogP contribution >= 0.6 is 0 Å². The Bertz CT molecular complexity index is 778. The molecule has 38 heavy (non-hydrogen) atoms. The van der Waals surface area contributed by atoms with Crippen LogP contribution in [0.25, 0.3) is 0 Å². The van der Waals surface area contributed by atoms with Gasteiger partial charge < -0.3 is 20.7 Å². The first-order chi connectivity index (χ1) is 17.5. The van der Waals surface area contributed by atoms with Crippen LogP contribution in [0.1, 0.15) is 108 Å². The Morgan fingerprint density at radius 1 is 0.921 bits per heavy atom. The zero-order chi connectivity index (χ0) is 30.3. The maximum atomic E-state index is 13.2. The average Bonchev–Trinajstić information content (AvgIpc) is 2.86. The first-order valence-corrected chi connectivity index (χ1v) is 14.2. The molecule has 222 valence electrons. The van der Waals surface area contributed by atoms with E-state index in [9.17, 15) is 19.2 Å². The van der Waals surface area contributed by atoms with Crippen molar-refractivity contribution in [3.63, 3.8) is 0 Å². The van der Waals surface area contributed by atoms with E-state index in [4.69, 9.17) is 10.5 Å². The van der Waals surface area contributed by atoms with Crippen LogP contribution in [-0.2, 0) is 23.9 Å². The van der Waals surface area contributed by atoms with Crippen molar-refractivity contribution < 1.29 is 23.9 Å². The quantitative estimate of drug-likeness (QED) is 0.222. The van der Waals surface area contributed by atoms with Crippen molar-refractivity contribution in [2.45, 2.75) is 120 Å². The molecule has 1 atom stereocenters. The van der Waals surface area contributed by atoms with E-state index in [0.717, 1.165) is 5.92 Å². The van der Waals surface area contributed by atoms with Gasteiger partial charge in [-0.2, -0.15) is 0 Å². The van der Waals surface area contributed by atoms with E-state index >= 15 is 0 Å². The fraction of sp³-hybridized carbons (Fsp3) is 0.800. The van der Waals surface area contributed by atoms with Gasteiger partial charge in [0, 0.05) is 19.0 Å². The Hall–Kier alpha value is -2.22. The number of Topliss-reactive ketones (excluding diaryl/α,β-unsaturated/α-hetero) is 1. The highest BCUT2D eigenvalue weighted by Gasteiger charge is 2.42. The first-order valence-electron chi connectivity index (χ1n) is 14.2. The van der Waals surface area contributed by atoms with Gasteiger partial charge in [0.05, 0.1) is 30.1 Å². The van der Waals surface area contributed by atoms with Crippen LogP contribution in [0.15, 0.2) is 11.6 Å². The first kappa shape index (κ1) is 37.9. The summed E-state index contributed by atoms with van der Waals surface area (Å²) in [6, 6.07) is -0.343. The van der Waals surface area contributed by atoms with Gasteiger partial charge in [0.1, 0.15) is 0 Å². The van der Waals surface area contributed by atoms with E-state index in [-0.39, 0.29) is 49.1 Å². The number of carbonyl (C=O) groups excluding carboxylic acids is 4. The van der Waals surface area contributed by atoms with Gasteiger partial charge in [-0.25, -0.2) is 4.79 Å². The number of nitrogens with two attached hydrogens (primary N) is 1. The number of hydrogen-bond donors (Lipinski definition) is 2. The molecule has 8 nitrogen and oxygen atoms in total. The Balaban J connectivity index is 0. The number of carbonyl (C=O) groups is 4. The monoisotopic (exact) mass is 539 g/mol. The second-order valence-electron chi connectivity index (χ2n) is 11.2. The molecular weight excluding hydrogens is 482 g/mol. The molecule has 0 fully saturated rings. The summed E-state index contributed by atoms with van der Waals surface area (Å²) in [6.45, 7) is 21.4. The maximum Gasteiger partial charge on any atom is 0.333 e. The fourth-order valence-electron chi connectivity index (χ4n) is 3.98. The second kappa shape index (κ2) is 18.1. The van der Waals surface area contributed by atoms with E-state index in [1.165, 1.54) is 4.90 Å². The van der Waals surface area contributed by atoms with Crippen LogP contribution in [-0.4, -0.2) is 60.2 Å². The molecule has 0 spiro atoms. The summed E-state index contributed by atoms with van der Waals surface area (Å²) in [5.41, 5.74) is 4.85. The lowest BCUT2D eigenvalue weighted by Gasteiger charge is -2.34. The third-order valence-corrected chi connectivity index (χ3v) is 7.09. The number of rotatable bonds is 15. The summed E-state index contributed by atoms with van der Waals surface area (Å²) in [7, 11) is 1.65. The molecule has 0 aromatic carbocycles. The highest BCUT2D eigenvalue weighted by atomic mass is 16.5. The van der Waals surface area contributed by atoms with Gasteiger partial charge in [-0.15, -0.1) is 0 Å². The fourth-order valence-corrected chi connectivity index (χ4v) is 3.98. The van der Waals surface area contributed by atoms with Crippen molar-refractivity contribution in [1.29, 1.82) is 0 Å². The standard InChI is InChI=1S/C26H47N3O5.C4H10/c1-10-25(11-2,16-21(30)26(27,12-3)13-4)24(33)28-17-22(31)29(9)20(18(6)7)15-19(8)23(32)34-14-5;1-4(2)3/h15,18,20H,10-14,16-17,27H2,1-9H3,(H,28,33);4H,1-3H3/b19-15+;/t20-;/m1./s1. The van der Waals surface area contributed by atoms with E-state index < -0.39 is 16.9 Å². The van der Waals surface area contributed by atoms with Gasteiger partial charge in [-0.1, -0.05) is 68.4 Å². The number of ether oxygens (including phenoxy) is 1. The SMILES string of the molecule is CC(C)C.CCOC(=O)/C(C)=C/[C@H](C(C)C)N(C)C(=O)CNC(=O)C(CC)(CC)CC(=O)C(N)(CC)CC. The molecule has 0 rings (SSSR count). The lowest BCUT2D eigenvalue weighted by Crippen LogP contribution is -2.52. The summed E-state index contributed by atoms with van der Waals surface area (Å²) in [5, 5.41) is 2.75. The maximum absolute atomic E-state index is 13.2. The van der Waals surface area contributed by atoms with Crippen molar-refractivity contribution in [1.82, 2.24) is 10.2 Å². The molecule has 0 bridgehead atoms. The molecule has 3 N–H and O–H groups in total. The van der Waals surface area contributed by atoms with Gasteiger partial charge in [-0.05, 0) is 51.4 Å². The second-order valence-corrected chi connectivity index (χ2v) is 11.2. The van der Waals surface area contributed by atoms with Crippen molar-refractivity contribution in [2.24, 2.45) is 23.0 Å². The van der Waals surface area contributed by atoms with E-state index in [1.807, 2.05) is 41.5 Å². The van der Waals surface area contributed by atoms with Crippen molar-refractivity contribution >= 4 is 23.6 Å². The van der Waals surface area contributed by atoms with Crippen LogP contribution in [0.5, 0.6) is 0 Å². The number of hydrogen-bond acceptors (Lipinski definition) is 6. The van der Waals surface area contributed by atoms with Gasteiger partial charge in [0.25, 0.3) is 0 Å². The zero-order valence-electron chi connectivity index (χ0n) is 26.3. The molecular formula is C30H57N3O5. The lowest BCUT2D eigenvalue weighted by molar-refractivity contribution is -0.140. The van der Waals surface area contributed by atoms with Crippen molar-refractivity contribution in [3.8, 4) is 0 Å². The number of esters is 1. The van der Waals surface area contributed by atoms with Gasteiger partial charge >= 0.3 is 5.97 Å². The molecule has 0 unspecified atom stereocenters. The molecule has 0 saturated carbocycles. The molecule has 0 aliphatic heterocycles. The Labute approximate surface area is 232 Å². The minimum Gasteiger partial charge on any atom is -0.463 e. The number of nitrogens with one attached hydrogen (secondary N) is 1. The van der Waals surface area contributed by atoms with Crippen LogP contribution in [0.2, 0.25) is 0 Å². The van der Waals surface area contributed by atoms with E-state index in [0.29, 0.717) is 31.3 Å². The summed E-state index contributed by atoms with van der Waals surface area (Å²) in [4.78, 5) is 52.6. The number of amides is 2. The Kier molecular flexibility index (Phi) is 18.1. The van der Waals surface area contributed by atoms with Crippen molar-refractivity contribution in [2.75, 3.05) is 20.2 Å². The van der Waals surface area contributed by atoms with E-state index in [1.54, 1.807) is 27.0 Å². The highest BCUT2D eigenvalue weighted by molar-refractivity contribution is 5.95. The highest BCUT2D eigenvalue weighted by Crippen LogP contribution is 2.34. The number of nitrogens with zero attached hydrogens (tertiary/aromatic N) is 1. The summed E-state index contributed by atoms with van der Waals surface area (Å²) >= 11 is 0. The number of ketones is 1. The van der Waals surface area contributed by atoms with Crippen LogP contribution < -0.4 is 11.1 Å². The van der Waals surface area contributed by atoms with Crippen LogP contribution in [0, 0.1) is 17.3 Å². The molecule has 2 amide bonds. The van der Waals surface area contributed by atoms with Gasteiger partial charge in [0.15, 0.2) is 5.78 Å². The average molecular weight is 540 g/mol. The molecule has 0 aromatic heterocycles. The largest absolute Gasteiger partial charge is 0.463 e. The Morgan fingerprint density at radius 2 is 1.39 bits per heavy atom. The smallest absolute Gasteiger partial charge is 0.333 e. The molecule has 0 radical (unpaired) electrons. The predicted molar refractivity (Wildman–Crippen MR) is 155 cm³/mol. The molecule has 0 aliphatic carbocycles. The third-order valence-electron chi connectivity index (χ3n) is 7.09. The Morgan fingerprint density at radius 3 is 1.76 bits per heavy atom.